The second-order valence-electron chi connectivity index (χ2n) is 4.52. The van der Waals surface area contributed by atoms with Crippen LogP contribution in [-0.2, 0) is 6.54 Å². The molecule has 22 heavy (non-hydrogen) atoms. The zero-order chi connectivity index (χ0) is 15.4. The number of nitrogens with one attached hydrogen (secondary N) is 1. The molecular formula is C14H12N6O2. The lowest BCUT2D eigenvalue weighted by atomic mass is 10.2. The Kier molecular flexibility index (Phi) is 3.73. The summed E-state index contributed by atoms with van der Waals surface area (Å²) < 4.78 is 1.84. The summed E-state index contributed by atoms with van der Waals surface area (Å²) in [4.78, 5) is 16.3. The fraction of sp³-hybridized carbons (Fsp3) is 0.0714. The number of ketones is 1. The van der Waals surface area contributed by atoms with Crippen molar-refractivity contribution in [2.75, 3.05) is 0 Å². The summed E-state index contributed by atoms with van der Waals surface area (Å²) >= 11 is 0. The number of hydrogen-bond donors (Lipinski definition) is 2. The topological polar surface area (TPSA) is 110 Å². The van der Waals surface area contributed by atoms with Crippen molar-refractivity contribution in [2.24, 2.45) is 0 Å². The average Bonchev–Trinajstić information content (AvgIpc) is 3.19. The van der Waals surface area contributed by atoms with Crippen molar-refractivity contribution >= 4 is 11.5 Å². The summed E-state index contributed by atoms with van der Waals surface area (Å²) in [5.41, 5.74) is 1.34. The van der Waals surface area contributed by atoms with E-state index in [0.717, 1.165) is 11.8 Å². The molecule has 8 nitrogen and oxygen atoms in total. The Hall–Kier alpha value is -3.29. The van der Waals surface area contributed by atoms with Gasteiger partial charge < -0.3 is 9.67 Å². The molecular weight excluding hydrogens is 284 g/mol. The predicted molar refractivity (Wildman–Crippen MR) is 76.9 cm³/mol. The highest BCUT2D eigenvalue weighted by molar-refractivity contribution is 6.07. The highest BCUT2D eigenvalue weighted by Crippen LogP contribution is 2.09. The number of allylic oxidation sites excluding steroid dienone is 1. The molecule has 0 saturated carbocycles. The number of carbonyl (C=O) groups is 1. The van der Waals surface area contributed by atoms with Gasteiger partial charge >= 0.3 is 0 Å². The summed E-state index contributed by atoms with van der Waals surface area (Å²) in [6.07, 6.45) is 6.25. The fourth-order valence-electron chi connectivity index (χ4n) is 1.91. The summed E-state index contributed by atoms with van der Waals surface area (Å²) in [5.74, 6) is -0.709. The standard InChI is InChI=1S/C14H12N6O2/c21-12(7-13(22)14-16-18-19-17-14)10-4-6-20(8-10)9-11-3-1-2-5-15-11/h1-8,22H,9H2,(H,16,17,18,19). The Balaban J connectivity index is 1.73. The minimum atomic E-state index is -0.345. The Morgan fingerprint density at radius 3 is 3.00 bits per heavy atom. The van der Waals surface area contributed by atoms with Crippen LogP contribution in [0.25, 0.3) is 5.76 Å². The Labute approximate surface area is 125 Å². The minimum absolute atomic E-state index is 0.0266. The van der Waals surface area contributed by atoms with Crippen LogP contribution < -0.4 is 0 Å². The maximum Gasteiger partial charge on any atom is 0.239 e. The smallest absolute Gasteiger partial charge is 0.239 e. The van der Waals surface area contributed by atoms with Gasteiger partial charge in [0.25, 0.3) is 0 Å². The van der Waals surface area contributed by atoms with Crippen LogP contribution in [0.1, 0.15) is 21.9 Å². The Morgan fingerprint density at radius 1 is 1.36 bits per heavy atom. The molecule has 0 atom stereocenters. The number of nitrogens with zero attached hydrogens (tertiary/aromatic N) is 5. The van der Waals surface area contributed by atoms with Crippen molar-refractivity contribution < 1.29 is 9.90 Å². The van der Waals surface area contributed by atoms with Gasteiger partial charge in [-0.2, -0.15) is 5.21 Å². The third kappa shape index (κ3) is 3.06. The maximum absolute atomic E-state index is 12.1. The predicted octanol–water partition coefficient (Wildman–Crippen LogP) is 1.23. The van der Waals surface area contributed by atoms with E-state index < -0.39 is 0 Å². The molecule has 3 heterocycles. The van der Waals surface area contributed by atoms with E-state index in [9.17, 15) is 9.90 Å². The minimum Gasteiger partial charge on any atom is -0.504 e. The van der Waals surface area contributed by atoms with E-state index in [1.807, 2.05) is 22.8 Å². The number of carbonyl (C=O) groups excluding carboxylic acids is 1. The number of hydrogen-bond acceptors (Lipinski definition) is 6. The third-order valence-electron chi connectivity index (χ3n) is 2.95. The lowest BCUT2D eigenvalue weighted by Crippen LogP contribution is -2.00. The van der Waals surface area contributed by atoms with Crippen molar-refractivity contribution in [1.82, 2.24) is 30.2 Å². The molecule has 3 rings (SSSR count). The zero-order valence-corrected chi connectivity index (χ0v) is 11.4. The quantitative estimate of drug-likeness (QED) is 0.416. The van der Waals surface area contributed by atoms with Gasteiger partial charge in [-0.15, -0.1) is 10.2 Å². The van der Waals surface area contributed by atoms with E-state index in [1.165, 1.54) is 0 Å². The molecule has 0 bridgehead atoms. The molecule has 0 amide bonds. The monoisotopic (exact) mass is 296 g/mol. The van der Waals surface area contributed by atoms with E-state index in [1.54, 1.807) is 24.7 Å². The second-order valence-corrected chi connectivity index (χ2v) is 4.52. The van der Waals surface area contributed by atoms with Crippen LogP contribution in [0.2, 0.25) is 0 Å². The van der Waals surface area contributed by atoms with Gasteiger partial charge in [0.15, 0.2) is 11.5 Å². The molecule has 0 saturated heterocycles. The highest BCUT2D eigenvalue weighted by Gasteiger charge is 2.10. The Morgan fingerprint density at radius 2 is 2.27 bits per heavy atom. The number of aliphatic hydroxyl groups excluding tert-OH is 1. The number of aromatic amines is 1. The zero-order valence-electron chi connectivity index (χ0n) is 11.4. The second kappa shape index (κ2) is 6.00. The number of rotatable bonds is 5. The van der Waals surface area contributed by atoms with E-state index in [2.05, 4.69) is 25.6 Å². The molecule has 0 aliphatic carbocycles. The SMILES string of the molecule is O=C(C=C(O)c1nn[nH]n1)c1ccn(Cc2ccccn2)c1. The first-order valence-electron chi connectivity index (χ1n) is 6.47. The molecule has 3 aromatic heterocycles. The first kappa shape index (κ1) is 13.7. The van der Waals surface area contributed by atoms with E-state index in [4.69, 9.17) is 0 Å². The van der Waals surface area contributed by atoms with Crippen LogP contribution in [-0.4, -0.2) is 41.1 Å². The molecule has 2 N–H and O–H groups in total. The van der Waals surface area contributed by atoms with Gasteiger partial charge in [0.05, 0.1) is 12.2 Å². The maximum atomic E-state index is 12.1. The fourth-order valence-corrected chi connectivity index (χ4v) is 1.91. The third-order valence-corrected chi connectivity index (χ3v) is 2.95. The molecule has 0 unspecified atom stereocenters. The molecule has 110 valence electrons. The molecule has 8 heteroatoms. The summed E-state index contributed by atoms with van der Waals surface area (Å²) in [6.45, 7) is 0.564. The van der Waals surface area contributed by atoms with E-state index >= 15 is 0 Å². The van der Waals surface area contributed by atoms with Crippen molar-refractivity contribution in [2.45, 2.75) is 6.54 Å². The molecule has 0 aliphatic heterocycles. The number of aliphatic hydroxyl groups is 1. The van der Waals surface area contributed by atoms with Gasteiger partial charge in [-0.3, -0.25) is 9.78 Å². The molecule has 3 aromatic rings. The summed E-state index contributed by atoms with van der Waals surface area (Å²) in [5, 5.41) is 22.4. The highest BCUT2D eigenvalue weighted by atomic mass is 16.3. The lowest BCUT2D eigenvalue weighted by molar-refractivity contribution is 0.104. The van der Waals surface area contributed by atoms with Crippen LogP contribution in [0.4, 0.5) is 0 Å². The van der Waals surface area contributed by atoms with E-state index in [0.29, 0.717) is 12.1 Å². The average molecular weight is 296 g/mol. The largest absolute Gasteiger partial charge is 0.504 e. The van der Waals surface area contributed by atoms with Gasteiger partial charge in [0.2, 0.25) is 5.82 Å². The van der Waals surface area contributed by atoms with Gasteiger partial charge in [-0.05, 0) is 23.4 Å². The Bertz CT molecular complexity index is 792. The molecule has 0 spiro atoms. The molecule has 0 aromatic carbocycles. The molecule has 0 radical (unpaired) electrons. The van der Waals surface area contributed by atoms with E-state index in [-0.39, 0.29) is 17.4 Å². The van der Waals surface area contributed by atoms with Gasteiger partial charge in [0.1, 0.15) is 0 Å². The first-order chi connectivity index (χ1) is 10.7. The van der Waals surface area contributed by atoms with Crippen molar-refractivity contribution in [3.8, 4) is 0 Å². The number of aromatic nitrogens is 6. The van der Waals surface area contributed by atoms with Crippen LogP contribution in [0.5, 0.6) is 0 Å². The normalized spacial score (nSPS) is 11.5. The van der Waals surface area contributed by atoms with Crippen molar-refractivity contribution in [3.63, 3.8) is 0 Å². The van der Waals surface area contributed by atoms with Crippen molar-refractivity contribution in [3.05, 3.63) is 66.0 Å². The van der Waals surface area contributed by atoms with Crippen LogP contribution in [0.3, 0.4) is 0 Å². The summed E-state index contributed by atoms with van der Waals surface area (Å²) in [6, 6.07) is 7.33. The van der Waals surface area contributed by atoms with Gasteiger partial charge in [0, 0.05) is 30.2 Å². The van der Waals surface area contributed by atoms with Gasteiger partial charge in [-0.1, -0.05) is 6.07 Å². The van der Waals surface area contributed by atoms with Gasteiger partial charge in [-0.25, -0.2) is 0 Å². The number of H-pyrrole nitrogens is 1. The summed E-state index contributed by atoms with van der Waals surface area (Å²) in [7, 11) is 0. The van der Waals surface area contributed by atoms with Crippen LogP contribution in [0, 0.1) is 0 Å². The number of tetrazole rings is 1. The molecule has 0 fully saturated rings. The van der Waals surface area contributed by atoms with Crippen molar-refractivity contribution in [1.29, 1.82) is 0 Å². The van der Waals surface area contributed by atoms with Crippen LogP contribution in [0.15, 0.2) is 48.9 Å². The molecule has 0 aliphatic rings. The number of pyridine rings is 1. The first-order valence-corrected chi connectivity index (χ1v) is 6.47. The lowest BCUT2D eigenvalue weighted by Gasteiger charge is -2.01. The van der Waals surface area contributed by atoms with Crippen LogP contribution >= 0.6 is 0 Å².